The van der Waals surface area contributed by atoms with Crippen molar-refractivity contribution < 1.29 is 0 Å². The van der Waals surface area contributed by atoms with Gasteiger partial charge in [-0.2, -0.15) is 0 Å². The third-order valence-corrected chi connectivity index (χ3v) is 5.23. The van der Waals surface area contributed by atoms with Gasteiger partial charge in [-0.15, -0.1) is 0 Å². The fourth-order valence-corrected chi connectivity index (χ4v) is 4.33. The number of fused-ring (bicyclic) bond motifs is 2. The normalized spacial score (nSPS) is 24.8. The maximum Gasteiger partial charge on any atom is 0.0754 e. The van der Waals surface area contributed by atoms with E-state index in [1.54, 1.807) is 0 Å². The summed E-state index contributed by atoms with van der Waals surface area (Å²) in [7, 11) is 4.41. The van der Waals surface area contributed by atoms with Gasteiger partial charge in [-0.25, -0.2) is 4.31 Å². The highest BCUT2D eigenvalue weighted by Gasteiger charge is 2.42. The Bertz CT molecular complexity index is 413. The standard InChI is InChI=1S/C13H19N3S/c1-15-8-5-13(6-9-15)12-11(4-3-7-14-12)10-16(2)17-13/h3-4,7H,5-6,8-10H2,1-2H3. The van der Waals surface area contributed by atoms with Gasteiger partial charge in [0.1, 0.15) is 0 Å². The van der Waals surface area contributed by atoms with Crippen molar-refractivity contribution in [3.63, 3.8) is 0 Å². The van der Waals surface area contributed by atoms with Gasteiger partial charge in [-0.1, -0.05) is 18.0 Å². The van der Waals surface area contributed by atoms with Gasteiger partial charge in [0.05, 0.1) is 10.4 Å². The van der Waals surface area contributed by atoms with Crippen molar-refractivity contribution >= 4 is 11.9 Å². The van der Waals surface area contributed by atoms with E-state index < -0.39 is 0 Å². The van der Waals surface area contributed by atoms with E-state index in [2.05, 4.69) is 40.4 Å². The minimum Gasteiger partial charge on any atom is -0.306 e. The lowest BCUT2D eigenvalue weighted by atomic mass is 9.89. The van der Waals surface area contributed by atoms with Gasteiger partial charge in [0, 0.05) is 12.7 Å². The summed E-state index contributed by atoms with van der Waals surface area (Å²) >= 11 is 2.00. The molecule has 1 aromatic heterocycles. The number of rotatable bonds is 0. The van der Waals surface area contributed by atoms with Gasteiger partial charge in [-0.05, 0) is 51.7 Å². The molecule has 3 nitrogen and oxygen atoms in total. The third-order valence-electron chi connectivity index (χ3n) is 3.84. The van der Waals surface area contributed by atoms with Gasteiger partial charge in [0.15, 0.2) is 0 Å². The molecular weight excluding hydrogens is 230 g/mol. The second-order valence-electron chi connectivity index (χ2n) is 5.19. The summed E-state index contributed by atoms with van der Waals surface area (Å²) in [6.07, 6.45) is 4.37. The number of likely N-dealkylation sites (tertiary alicyclic amines) is 1. The molecular formula is C13H19N3S. The van der Waals surface area contributed by atoms with E-state index in [0.717, 1.165) is 6.54 Å². The Kier molecular flexibility index (Phi) is 2.89. The van der Waals surface area contributed by atoms with Crippen LogP contribution in [0.3, 0.4) is 0 Å². The van der Waals surface area contributed by atoms with Crippen LogP contribution in [0.5, 0.6) is 0 Å². The Labute approximate surface area is 107 Å². The largest absolute Gasteiger partial charge is 0.306 e. The van der Waals surface area contributed by atoms with E-state index in [-0.39, 0.29) is 4.75 Å². The molecule has 0 bridgehead atoms. The van der Waals surface area contributed by atoms with Gasteiger partial charge in [-0.3, -0.25) is 4.98 Å². The third kappa shape index (κ3) is 1.98. The maximum atomic E-state index is 4.69. The molecule has 92 valence electrons. The molecule has 1 spiro atoms. The summed E-state index contributed by atoms with van der Waals surface area (Å²) in [6.45, 7) is 3.37. The smallest absolute Gasteiger partial charge is 0.0754 e. The molecule has 4 heteroatoms. The molecule has 3 heterocycles. The Morgan fingerprint density at radius 3 is 2.82 bits per heavy atom. The summed E-state index contributed by atoms with van der Waals surface area (Å²) in [5, 5.41) is 0. The first-order chi connectivity index (χ1) is 8.20. The summed E-state index contributed by atoms with van der Waals surface area (Å²) in [5.74, 6) is 0. The maximum absolute atomic E-state index is 4.69. The van der Waals surface area contributed by atoms with Gasteiger partial charge in [0.25, 0.3) is 0 Å². The van der Waals surface area contributed by atoms with Crippen LogP contribution in [-0.2, 0) is 11.3 Å². The average Bonchev–Trinajstić information content (AvgIpc) is 2.33. The van der Waals surface area contributed by atoms with Crippen LogP contribution in [0.2, 0.25) is 0 Å². The first kappa shape index (κ1) is 11.5. The van der Waals surface area contributed by atoms with E-state index in [1.807, 2.05) is 18.1 Å². The number of piperidine rings is 1. The van der Waals surface area contributed by atoms with E-state index in [4.69, 9.17) is 0 Å². The molecule has 2 aliphatic heterocycles. The first-order valence-corrected chi connectivity index (χ1v) is 7.00. The molecule has 0 aromatic carbocycles. The van der Waals surface area contributed by atoms with Crippen LogP contribution in [0.1, 0.15) is 24.1 Å². The van der Waals surface area contributed by atoms with Crippen molar-refractivity contribution in [1.29, 1.82) is 0 Å². The van der Waals surface area contributed by atoms with Crippen LogP contribution >= 0.6 is 11.9 Å². The highest BCUT2D eigenvalue weighted by molar-refractivity contribution is 7.98. The predicted molar refractivity (Wildman–Crippen MR) is 71.7 cm³/mol. The van der Waals surface area contributed by atoms with Crippen molar-refractivity contribution in [2.45, 2.75) is 24.1 Å². The second-order valence-corrected chi connectivity index (χ2v) is 6.77. The van der Waals surface area contributed by atoms with Crippen molar-refractivity contribution in [3.05, 3.63) is 29.6 Å². The van der Waals surface area contributed by atoms with E-state index in [9.17, 15) is 0 Å². The minimum absolute atomic E-state index is 0.232. The molecule has 0 radical (unpaired) electrons. The Balaban J connectivity index is 2.00. The second kappa shape index (κ2) is 4.26. The predicted octanol–water partition coefficient (Wildman–Crippen LogP) is 2.10. The molecule has 0 amide bonds. The zero-order valence-corrected chi connectivity index (χ0v) is 11.3. The fraction of sp³-hybridized carbons (Fsp3) is 0.615. The van der Waals surface area contributed by atoms with Crippen molar-refractivity contribution in [1.82, 2.24) is 14.2 Å². The Hall–Kier alpha value is -0.580. The van der Waals surface area contributed by atoms with Crippen LogP contribution in [0.25, 0.3) is 0 Å². The molecule has 1 saturated heterocycles. The summed E-state index contributed by atoms with van der Waals surface area (Å²) in [6, 6.07) is 4.30. The lowest BCUT2D eigenvalue weighted by Crippen LogP contribution is -2.43. The lowest BCUT2D eigenvalue weighted by Gasteiger charge is -2.45. The first-order valence-electron chi connectivity index (χ1n) is 6.23. The molecule has 0 atom stereocenters. The van der Waals surface area contributed by atoms with Crippen LogP contribution in [0.15, 0.2) is 18.3 Å². The van der Waals surface area contributed by atoms with Gasteiger partial charge in [0.2, 0.25) is 0 Å². The van der Waals surface area contributed by atoms with Crippen LogP contribution < -0.4 is 0 Å². The zero-order valence-electron chi connectivity index (χ0n) is 10.5. The molecule has 1 aromatic rings. The number of nitrogens with zero attached hydrogens (tertiary/aromatic N) is 3. The number of pyridine rings is 1. The van der Waals surface area contributed by atoms with Gasteiger partial charge < -0.3 is 4.90 Å². The van der Waals surface area contributed by atoms with E-state index in [0.29, 0.717) is 0 Å². The fourth-order valence-electron chi connectivity index (χ4n) is 2.90. The number of hydrogen-bond acceptors (Lipinski definition) is 4. The average molecular weight is 249 g/mol. The molecule has 0 aliphatic carbocycles. The topological polar surface area (TPSA) is 19.4 Å². The quantitative estimate of drug-likeness (QED) is 0.656. The monoisotopic (exact) mass is 249 g/mol. The molecule has 0 saturated carbocycles. The Morgan fingerprint density at radius 1 is 1.29 bits per heavy atom. The van der Waals surface area contributed by atoms with Crippen molar-refractivity contribution in [3.8, 4) is 0 Å². The molecule has 3 rings (SSSR count). The molecule has 2 aliphatic rings. The highest BCUT2D eigenvalue weighted by atomic mass is 32.2. The number of hydrogen-bond donors (Lipinski definition) is 0. The summed E-state index contributed by atoms with van der Waals surface area (Å²) in [4.78, 5) is 7.11. The van der Waals surface area contributed by atoms with Crippen molar-refractivity contribution in [2.24, 2.45) is 0 Å². The molecule has 1 fully saturated rings. The summed E-state index contributed by atoms with van der Waals surface area (Å²) < 4.78 is 2.60. The molecule has 0 unspecified atom stereocenters. The number of aromatic nitrogens is 1. The van der Waals surface area contributed by atoms with Gasteiger partial charge >= 0.3 is 0 Å². The van der Waals surface area contributed by atoms with Crippen LogP contribution in [0.4, 0.5) is 0 Å². The molecule has 17 heavy (non-hydrogen) atoms. The van der Waals surface area contributed by atoms with Crippen molar-refractivity contribution in [2.75, 3.05) is 27.2 Å². The Morgan fingerprint density at radius 2 is 2.06 bits per heavy atom. The van der Waals surface area contributed by atoms with E-state index in [1.165, 1.54) is 37.2 Å². The van der Waals surface area contributed by atoms with E-state index >= 15 is 0 Å². The molecule has 0 N–H and O–H groups in total. The SMILES string of the molecule is CN1CCC2(CC1)SN(C)Cc1cccnc12. The zero-order chi connectivity index (χ0) is 11.9. The minimum atomic E-state index is 0.232. The van der Waals surface area contributed by atoms with Crippen LogP contribution in [0, 0.1) is 0 Å². The highest BCUT2D eigenvalue weighted by Crippen LogP contribution is 2.49. The lowest BCUT2D eigenvalue weighted by molar-refractivity contribution is 0.230. The summed E-state index contributed by atoms with van der Waals surface area (Å²) in [5.41, 5.74) is 2.76. The van der Waals surface area contributed by atoms with Crippen LogP contribution in [-0.4, -0.2) is 41.4 Å².